The van der Waals surface area contributed by atoms with Gasteiger partial charge in [0.05, 0.1) is 11.4 Å². The Balaban J connectivity index is 2.94. The highest BCUT2D eigenvalue weighted by Gasteiger charge is 2.63. The van der Waals surface area contributed by atoms with E-state index in [0.717, 1.165) is 12.2 Å². The second-order valence-electron chi connectivity index (χ2n) is 4.12. The summed E-state index contributed by atoms with van der Waals surface area (Å²) in [4.78, 5) is 11.7. The molecule has 9 heteroatoms. The fourth-order valence-electron chi connectivity index (χ4n) is 1.28. The SMILES string of the molecule is CCCSc1ccc(N)c(NC(=O)C(F)(F)C(F)(F)F)c1. The normalized spacial score (nSPS) is 12.3. The van der Waals surface area contributed by atoms with Crippen LogP contribution in [-0.2, 0) is 4.79 Å². The van der Waals surface area contributed by atoms with Crippen molar-refractivity contribution in [1.29, 1.82) is 0 Å². The van der Waals surface area contributed by atoms with E-state index in [1.165, 1.54) is 29.2 Å². The minimum atomic E-state index is -5.96. The van der Waals surface area contributed by atoms with Gasteiger partial charge < -0.3 is 11.1 Å². The van der Waals surface area contributed by atoms with Gasteiger partial charge in [-0.25, -0.2) is 0 Å². The van der Waals surface area contributed by atoms with E-state index < -0.39 is 18.0 Å². The number of hydrogen-bond donors (Lipinski definition) is 2. The Kier molecular flexibility index (Phi) is 5.43. The number of carbonyl (C=O) groups is 1. The van der Waals surface area contributed by atoms with Crippen molar-refractivity contribution >= 4 is 29.0 Å². The lowest BCUT2D eigenvalue weighted by Crippen LogP contribution is -2.47. The Labute approximate surface area is 122 Å². The molecule has 0 saturated heterocycles. The van der Waals surface area contributed by atoms with Gasteiger partial charge in [0.1, 0.15) is 0 Å². The van der Waals surface area contributed by atoms with E-state index in [0.29, 0.717) is 4.90 Å². The quantitative estimate of drug-likeness (QED) is 0.489. The van der Waals surface area contributed by atoms with Gasteiger partial charge in [0.2, 0.25) is 0 Å². The van der Waals surface area contributed by atoms with Gasteiger partial charge in [-0.2, -0.15) is 22.0 Å². The Hall–Kier alpha value is -1.51. The first-order valence-corrected chi connectivity index (χ1v) is 6.86. The smallest absolute Gasteiger partial charge is 0.397 e. The Morgan fingerprint density at radius 2 is 1.90 bits per heavy atom. The van der Waals surface area contributed by atoms with E-state index in [2.05, 4.69) is 0 Å². The molecule has 0 aliphatic heterocycles. The molecule has 3 nitrogen and oxygen atoms in total. The first-order valence-electron chi connectivity index (χ1n) is 5.88. The Morgan fingerprint density at radius 1 is 1.29 bits per heavy atom. The molecule has 1 amide bonds. The van der Waals surface area contributed by atoms with Crippen LogP contribution in [0.1, 0.15) is 13.3 Å². The van der Waals surface area contributed by atoms with Gasteiger partial charge >= 0.3 is 18.0 Å². The van der Waals surface area contributed by atoms with Gasteiger partial charge in [0.15, 0.2) is 0 Å². The van der Waals surface area contributed by atoms with Crippen LogP contribution in [0.25, 0.3) is 0 Å². The maximum absolute atomic E-state index is 12.9. The van der Waals surface area contributed by atoms with Crippen molar-refractivity contribution < 1.29 is 26.7 Å². The number of thioether (sulfide) groups is 1. The summed E-state index contributed by atoms with van der Waals surface area (Å²) in [7, 11) is 0. The highest BCUT2D eigenvalue weighted by Crippen LogP contribution is 2.37. The molecule has 0 saturated carbocycles. The van der Waals surface area contributed by atoms with Crippen LogP contribution >= 0.6 is 11.8 Å². The van der Waals surface area contributed by atoms with Crippen LogP contribution < -0.4 is 11.1 Å². The van der Waals surface area contributed by atoms with Crippen molar-refractivity contribution in [2.45, 2.75) is 30.3 Å². The van der Waals surface area contributed by atoms with E-state index >= 15 is 0 Å². The average Bonchev–Trinajstić information content (AvgIpc) is 2.38. The van der Waals surface area contributed by atoms with Gasteiger partial charge in [0, 0.05) is 4.90 Å². The molecule has 0 aliphatic carbocycles. The minimum Gasteiger partial charge on any atom is -0.397 e. The molecule has 0 bridgehead atoms. The number of alkyl halides is 5. The molecule has 0 unspecified atom stereocenters. The fourth-order valence-corrected chi connectivity index (χ4v) is 2.09. The van der Waals surface area contributed by atoms with Crippen LogP contribution in [0.4, 0.5) is 33.3 Å². The summed E-state index contributed by atoms with van der Waals surface area (Å²) in [5, 5.41) is 1.53. The second kappa shape index (κ2) is 6.50. The van der Waals surface area contributed by atoms with Gasteiger partial charge in [-0.1, -0.05) is 6.92 Å². The molecular formula is C12H13F5N2OS. The number of rotatable bonds is 5. The maximum Gasteiger partial charge on any atom is 0.463 e. The number of anilines is 2. The molecule has 1 aromatic rings. The second-order valence-corrected chi connectivity index (χ2v) is 5.29. The highest BCUT2D eigenvalue weighted by molar-refractivity contribution is 7.99. The molecular weight excluding hydrogens is 315 g/mol. The van der Waals surface area contributed by atoms with Crippen LogP contribution in [0.15, 0.2) is 23.1 Å². The van der Waals surface area contributed by atoms with Crippen molar-refractivity contribution in [1.82, 2.24) is 0 Å². The number of amides is 1. The number of benzene rings is 1. The molecule has 1 aromatic carbocycles. The molecule has 0 aromatic heterocycles. The van der Waals surface area contributed by atoms with E-state index in [1.54, 1.807) is 6.07 Å². The number of nitrogens with one attached hydrogen (secondary N) is 1. The average molecular weight is 328 g/mol. The number of hydrogen-bond acceptors (Lipinski definition) is 3. The van der Waals surface area contributed by atoms with Crippen molar-refractivity contribution in [2.24, 2.45) is 0 Å². The zero-order chi connectivity index (χ0) is 16.3. The molecule has 0 aliphatic rings. The minimum absolute atomic E-state index is 0.0952. The number of nitrogen functional groups attached to an aromatic ring is 1. The molecule has 0 radical (unpaired) electrons. The summed E-state index contributed by atoms with van der Waals surface area (Å²) in [6.07, 6.45) is -5.11. The van der Waals surface area contributed by atoms with Crippen LogP contribution in [-0.4, -0.2) is 23.8 Å². The van der Waals surface area contributed by atoms with E-state index in [-0.39, 0.29) is 11.4 Å². The lowest BCUT2D eigenvalue weighted by atomic mass is 10.2. The lowest BCUT2D eigenvalue weighted by molar-refractivity contribution is -0.267. The summed E-state index contributed by atoms with van der Waals surface area (Å²) in [6.45, 7) is 1.93. The molecule has 118 valence electrons. The van der Waals surface area contributed by atoms with Gasteiger partial charge in [-0.3, -0.25) is 4.79 Å². The monoisotopic (exact) mass is 328 g/mol. The van der Waals surface area contributed by atoms with Crippen LogP contribution in [0.5, 0.6) is 0 Å². The molecule has 0 heterocycles. The molecule has 3 N–H and O–H groups in total. The Bertz CT molecular complexity index is 519. The molecule has 21 heavy (non-hydrogen) atoms. The van der Waals surface area contributed by atoms with Crippen molar-refractivity contribution in [3.63, 3.8) is 0 Å². The third-order valence-electron chi connectivity index (χ3n) is 2.39. The lowest BCUT2D eigenvalue weighted by Gasteiger charge is -2.19. The zero-order valence-electron chi connectivity index (χ0n) is 10.9. The first-order chi connectivity index (χ1) is 9.59. The molecule has 0 spiro atoms. The summed E-state index contributed by atoms with van der Waals surface area (Å²) in [6, 6.07) is 4.19. The first kappa shape index (κ1) is 17.5. The molecule has 0 atom stereocenters. The van der Waals surface area contributed by atoms with Crippen molar-refractivity contribution in [3.05, 3.63) is 18.2 Å². The standard InChI is InChI=1S/C12H13F5N2OS/c1-2-5-21-7-3-4-8(18)9(6-7)19-10(20)11(13,14)12(15,16)17/h3-4,6H,2,5,18H2,1H3,(H,19,20). The third kappa shape index (κ3) is 4.23. The van der Waals surface area contributed by atoms with E-state index in [9.17, 15) is 26.7 Å². The summed E-state index contributed by atoms with van der Waals surface area (Å²) < 4.78 is 62.0. The van der Waals surface area contributed by atoms with Gasteiger partial charge in [-0.15, -0.1) is 11.8 Å². The number of nitrogens with two attached hydrogens (primary N) is 1. The van der Waals surface area contributed by atoms with E-state index in [1.807, 2.05) is 6.92 Å². The van der Waals surface area contributed by atoms with E-state index in [4.69, 9.17) is 5.73 Å². The molecule has 1 rings (SSSR count). The van der Waals surface area contributed by atoms with Crippen LogP contribution in [0.3, 0.4) is 0 Å². The predicted octanol–water partition coefficient (Wildman–Crippen LogP) is 3.91. The van der Waals surface area contributed by atoms with Crippen LogP contribution in [0, 0.1) is 0 Å². The van der Waals surface area contributed by atoms with Crippen molar-refractivity contribution in [2.75, 3.05) is 16.8 Å². The topological polar surface area (TPSA) is 55.1 Å². The number of halogens is 5. The maximum atomic E-state index is 12.9. The largest absolute Gasteiger partial charge is 0.463 e. The number of carbonyl (C=O) groups excluding carboxylic acids is 1. The zero-order valence-corrected chi connectivity index (χ0v) is 11.7. The summed E-state index contributed by atoms with van der Waals surface area (Å²) >= 11 is 1.37. The summed E-state index contributed by atoms with van der Waals surface area (Å²) in [5.74, 6) is -7.21. The third-order valence-corrected chi connectivity index (χ3v) is 3.59. The predicted molar refractivity (Wildman–Crippen MR) is 71.5 cm³/mol. The van der Waals surface area contributed by atoms with Crippen molar-refractivity contribution in [3.8, 4) is 0 Å². The van der Waals surface area contributed by atoms with Gasteiger partial charge in [0.25, 0.3) is 0 Å². The summed E-state index contributed by atoms with van der Waals surface area (Å²) in [5.41, 5.74) is 5.10. The molecule has 0 fully saturated rings. The highest BCUT2D eigenvalue weighted by atomic mass is 32.2. The van der Waals surface area contributed by atoms with Crippen LogP contribution in [0.2, 0.25) is 0 Å². The Morgan fingerprint density at radius 3 is 2.43 bits per heavy atom. The fraction of sp³-hybridized carbons (Fsp3) is 0.417. The van der Waals surface area contributed by atoms with Gasteiger partial charge in [-0.05, 0) is 30.4 Å².